The molecule has 0 rings (SSSR count). The van der Waals surface area contributed by atoms with Crippen molar-refractivity contribution in [3.63, 3.8) is 0 Å². The van der Waals surface area contributed by atoms with Gasteiger partial charge in [-0.25, -0.2) is 0 Å². The summed E-state index contributed by atoms with van der Waals surface area (Å²) in [5.41, 5.74) is 0. The summed E-state index contributed by atoms with van der Waals surface area (Å²) in [6.07, 6.45) is 69.5. The minimum Gasteiger partial charge on any atom is -0.462 e. The monoisotopic (exact) mass is 953 g/mol. The van der Waals surface area contributed by atoms with Crippen molar-refractivity contribution in [2.75, 3.05) is 13.2 Å². The maximum absolute atomic E-state index is 12.9. The summed E-state index contributed by atoms with van der Waals surface area (Å²) < 4.78 is 16.9. The van der Waals surface area contributed by atoms with Gasteiger partial charge in [0, 0.05) is 19.3 Å². The molecule has 0 saturated heterocycles. The van der Waals surface area contributed by atoms with Crippen LogP contribution in [-0.4, -0.2) is 37.2 Å². The van der Waals surface area contributed by atoms with Gasteiger partial charge in [0.25, 0.3) is 0 Å². The lowest BCUT2D eigenvalue weighted by molar-refractivity contribution is -0.167. The van der Waals surface area contributed by atoms with Gasteiger partial charge in [-0.3, -0.25) is 14.4 Å². The number of carbonyl (C=O) groups excluding carboxylic acids is 3. The molecule has 6 heteroatoms. The van der Waals surface area contributed by atoms with Crippen LogP contribution in [0, 0.1) is 0 Å². The van der Waals surface area contributed by atoms with Gasteiger partial charge < -0.3 is 14.2 Å². The van der Waals surface area contributed by atoms with Crippen molar-refractivity contribution in [2.45, 2.75) is 316 Å². The molecular formula is C62H112O6. The second-order valence-corrected chi connectivity index (χ2v) is 20.0. The summed E-state index contributed by atoms with van der Waals surface area (Å²) in [6, 6.07) is 0. The van der Waals surface area contributed by atoms with E-state index in [1.807, 2.05) is 0 Å². The van der Waals surface area contributed by atoms with Gasteiger partial charge >= 0.3 is 17.9 Å². The third kappa shape index (κ3) is 54.3. The average molecular weight is 954 g/mol. The van der Waals surface area contributed by atoms with Gasteiger partial charge in [0.05, 0.1) is 0 Å². The molecule has 0 aromatic heterocycles. The van der Waals surface area contributed by atoms with Gasteiger partial charge in [0.15, 0.2) is 6.10 Å². The first-order valence-electron chi connectivity index (χ1n) is 29.7. The molecule has 0 aromatic rings. The zero-order valence-electron chi connectivity index (χ0n) is 45.4. The Hall–Kier alpha value is -2.63. The van der Waals surface area contributed by atoms with E-state index < -0.39 is 6.10 Å². The van der Waals surface area contributed by atoms with Gasteiger partial charge in [0.1, 0.15) is 13.2 Å². The molecular weight excluding hydrogens is 841 g/mol. The van der Waals surface area contributed by atoms with E-state index in [1.54, 1.807) is 0 Å². The Morgan fingerprint density at radius 3 is 0.809 bits per heavy atom. The Kier molecular flexibility index (Phi) is 54.8. The summed E-state index contributed by atoms with van der Waals surface area (Å²) in [7, 11) is 0. The van der Waals surface area contributed by atoms with Gasteiger partial charge in [-0.1, -0.05) is 268 Å². The summed E-state index contributed by atoms with van der Waals surface area (Å²) in [5, 5.41) is 0. The molecule has 1 atom stereocenters. The molecule has 0 aromatic carbocycles. The molecule has 0 amide bonds. The molecule has 0 spiro atoms. The van der Waals surface area contributed by atoms with Crippen LogP contribution in [0.25, 0.3) is 0 Å². The van der Waals surface area contributed by atoms with E-state index in [1.165, 1.54) is 193 Å². The van der Waals surface area contributed by atoms with Crippen LogP contribution in [0.5, 0.6) is 0 Å². The lowest BCUT2D eigenvalue weighted by Crippen LogP contribution is -2.30. The fourth-order valence-electron chi connectivity index (χ4n) is 8.60. The largest absolute Gasteiger partial charge is 0.462 e. The predicted molar refractivity (Wildman–Crippen MR) is 293 cm³/mol. The Labute approximate surface area is 422 Å². The summed E-state index contributed by atoms with van der Waals surface area (Å²) in [5.74, 6) is -0.880. The van der Waals surface area contributed by atoms with E-state index in [0.717, 1.165) is 77.0 Å². The van der Waals surface area contributed by atoms with Gasteiger partial charge in [0.2, 0.25) is 0 Å². The quantitative estimate of drug-likeness (QED) is 0.0262. The Balaban J connectivity index is 4.36. The van der Waals surface area contributed by atoms with Gasteiger partial charge in [-0.2, -0.15) is 0 Å². The molecule has 0 heterocycles. The van der Waals surface area contributed by atoms with Crippen molar-refractivity contribution < 1.29 is 28.6 Å². The molecule has 0 aliphatic rings. The number of hydrogen-bond acceptors (Lipinski definition) is 6. The minimum absolute atomic E-state index is 0.0774. The van der Waals surface area contributed by atoms with Crippen LogP contribution >= 0.6 is 0 Å². The molecule has 6 nitrogen and oxygen atoms in total. The number of carbonyl (C=O) groups is 3. The molecule has 0 fully saturated rings. The second-order valence-electron chi connectivity index (χ2n) is 20.0. The van der Waals surface area contributed by atoms with Crippen molar-refractivity contribution in [3.05, 3.63) is 48.6 Å². The summed E-state index contributed by atoms with van der Waals surface area (Å²) in [4.78, 5) is 38.2. The fraction of sp³-hybridized carbons (Fsp3) is 0.823. The third-order valence-corrected chi connectivity index (χ3v) is 13.1. The smallest absolute Gasteiger partial charge is 0.306 e. The number of ether oxygens (including phenoxy) is 3. The van der Waals surface area contributed by atoms with Crippen molar-refractivity contribution in [3.8, 4) is 0 Å². The topological polar surface area (TPSA) is 78.9 Å². The first-order valence-corrected chi connectivity index (χ1v) is 29.7. The maximum Gasteiger partial charge on any atom is 0.306 e. The second kappa shape index (κ2) is 57.0. The Morgan fingerprint density at radius 2 is 0.515 bits per heavy atom. The molecule has 1 unspecified atom stereocenters. The SMILES string of the molecule is CCCCC/C=C\C=C/CCCCCCCCCCCCC(=O)OCC(COC(=O)CCCCCCCCCCCCCCC)OC(=O)CCCCCCC/C=C\C=C/CCCCCCCCC. The highest BCUT2D eigenvalue weighted by molar-refractivity contribution is 5.71. The van der Waals surface area contributed by atoms with Crippen molar-refractivity contribution in [2.24, 2.45) is 0 Å². The standard InChI is InChI=1S/C62H112O6/c1-4-7-10-13-16-19-22-25-27-29-31-33-34-37-40-43-46-49-52-55-61(64)67-58-59(57-66-60(63)54-51-48-45-42-39-36-24-21-18-15-12-9-6-3)68-62(65)56-53-50-47-44-41-38-35-32-30-28-26-23-20-17-14-11-8-5-2/h16,19,22,25,28,30,32,35,59H,4-15,17-18,20-21,23-24,26-27,29,31,33-34,36-58H2,1-3H3/b19-16-,25-22-,30-28-,35-32-. The number of allylic oxidation sites excluding steroid dienone is 8. The molecule has 396 valence electrons. The van der Waals surface area contributed by atoms with E-state index in [-0.39, 0.29) is 31.1 Å². The highest BCUT2D eigenvalue weighted by atomic mass is 16.6. The molecule has 0 radical (unpaired) electrons. The third-order valence-electron chi connectivity index (χ3n) is 13.1. The van der Waals surface area contributed by atoms with Crippen LogP contribution in [0.1, 0.15) is 310 Å². The molecule has 0 N–H and O–H groups in total. The molecule has 0 bridgehead atoms. The van der Waals surface area contributed by atoms with E-state index in [2.05, 4.69) is 69.4 Å². The first-order chi connectivity index (χ1) is 33.5. The van der Waals surface area contributed by atoms with E-state index >= 15 is 0 Å². The van der Waals surface area contributed by atoms with E-state index in [0.29, 0.717) is 19.3 Å². The number of rotatable bonds is 54. The van der Waals surface area contributed by atoms with E-state index in [9.17, 15) is 14.4 Å². The Morgan fingerprint density at radius 1 is 0.294 bits per heavy atom. The van der Waals surface area contributed by atoms with Gasteiger partial charge in [-0.15, -0.1) is 0 Å². The summed E-state index contributed by atoms with van der Waals surface area (Å²) >= 11 is 0. The van der Waals surface area contributed by atoms with Crippen LogP contribution in [0.2, 0.25) is 0 Å². The molecule has 0 saturated carbocycles. The lowest BCUT2D eigenvalue weighted by Gasteiger charge is -2.18. The van der Waals surface area contributed by atoms with Crippen LogP contribution < -0.4 is 0 Å². The average Bonchev–Trinajstić information content (AvgIpc) is 3.34. The van der Waals surface area contributed by atoms with Crippen LogP contribution in [0.15, 0.2) is 48.6 Å². The predicted octanol–water partition coefficient (Wildman–Crippen LogP) is 19.8. The highest BCUT2D eigenvalue weighted by Crippen LogP contribution is 2.16. The Bertz CT molecular complexity index is 1190. The lowest BCUT2D eigenvalue weighted by atomic mass is 10.0. The fourth-order valence-corrected chi connectivity index (χ4v) is 8.60. The maximum atomic E-state index is 12.9. The van der Waals surface area contributed by atoms with Crippen LogP contribution in [0.3, 0.4) is 0 Å². The molecule has 68 heavy (non-hydrogen) atoms. The first kappa shape index (κ1) is 65.4. The normalized spacial score (nSPS) is 12.3. The summed E-state index contributed by atoms with van der Waals surface area (Å²) in [6.45, 7) is 6.63. The zero-order valence-corrected chi connectivity index (χ0v) is 45.4. The van der Waals surface area contributed by atoms with Crippen molar-refractivity contribution in [1.29, 1.82) is 0 Å². The van der Waals surface area contributed by atoms with Gasteiger partial charge in [-0.05, 0) is 70.6 Å². The number of esters is 3. The van der Waals surface area contributed by atoms with Crippen LogP contribution in [-0.2, 0) is 28.6 Å². The molecule has 0 aliphatic heterocycles. The number of hydrogen-bond donors (Lipinski definition) is 0. The van der Waals surface area contributed by atoms with Crippen molar-refractivity contribution in [1.82, 2.24) is 0 Å². The zero-order chi connectivity index (χ0) is 49.3. The minimum atomic E-state index is -0.780. The van der Waals surface area contributed by atoms with Crippen molar-refractivity contribution >= 4 is 17.9 Å². The number of unbranched alkanes of at least 4 members (excludes halogenated alkanes) is 37. The molecule has 0 aliphatic carbocycles. The van der Waals surface area contributed by atoms with Crippen LogP contribution in [0.4, 0.5) is 0 Å². The van der Waals surface area contributed by atoms with E-state index in [4.69, 9.17) is 14.2 Å². The highest BCUT2D eigenvalue weighted by Gasteiger charge is 2.19.